The van der Waals surface area contributed by atoms with Crippen LogP contribution in [0, 0.1) is 12.8 Å². The van der Waals surface area contributed by atoms with Crippen molar-refractivity contribution in [2.45, 2.75) is 19.8 Å². The largest absolute Gasteiger partial charge is 0.493 e. The quantitative estimate of drug-likeness (QED) is 0.799. The summed E-state index contributed by atoms with van der Waals surface area (Å²) in [6, 6.07) is 12.6. The summed E-state index contributed by atoms with van der Waals surface area (Å²) in [5, 5.41) is 5.62. The molecule has 1 aliphatic carbocycles. The summed E-state index contributed by atoms with van der Waals surface area (Å²) in [6.45, 7) is 1.81. The van der Waals surface area contributed by atoms with Crippen LogP contribution in [-0.2, 0) is 9.59 Å². The van der Waals surface area contributed by atoms with Crippen LogP contribution >= 0.6 is 0 Å². The summed E-state index contributed by atoms with van der Waals surface area (Å²) in [5.41, 5.74) is 2.31. The van der Waals surface area contributed by atoms with Crippen molar-refractivity contribution in [2.75, 3.05) is 24.4 Å². The van der Waals surface area contributed by atoms with Gasteiger partial charge in [-0.15, -0.1) is 0 Å². The molecule has 2 aromatic carbocycles. The number of ether oxygens (including phenoxy) is 2. The van der Waals surface area contributed by atoms with E-state index in [1.165, 1.54) is 0 Å². The fourth-order valence-corrected chi connectivity index (χ4v) is 2.50. The zero-order valence-electron chi connectivity index (χ0n) is 14.9. The Bertz CT molecular complexity index is 815. The molecule has 0 aliphatic heterocycles. The van der Waals surface area contributed by atoms with E-state index in [1.807, 2.05) is 19.1 Å². The lowest BCUT2D eigenvalue weighted by Crippen LogP contribution is -2.20. The highest BCUT2D eigenvalue weighted by Gasteiger charge is 2.29. The van der Waals surface area contributed by atoms with E-state index in [4.69, 9.17) is 9.47 Å². The number of aryl methyl sites for hydroxylation is 1. The minimum Gasteiger partial charge on any atom is -0.493 e. The van der Waals surface area contributed by atoms with E-state index in [9.17, 15) is 9.59 Å². The highest BCUT2D eigenvalue weighted by molar-refractivity contribution is 5.96. The maximum atomic E-state index is 12.1. The van der Waals surface area contributed by atoms with Crippen LogP contribution in [0.4, 0.5) is 11.4 Å². The summed E-state index contributed by atoms with van der Waals surface area (Å²) in [7, 11) is 1.56. The third kappa shape index (κ3) is 4.75. The normalized spacial score (nSPS) is 13.0. The lowest BCUT2D eigenvalue weighted by Gasteiger charge is -2.12. The van der Waals surface area contributed by atoms with Gasteiger partial charge in [0.15, 0.2) is 18.1 Å². The van der Waals surface area contributed by atoms with Crippen molar-refractivity contribution in [3.05, 3.63) is 48.0 Å². The number of hydrogen-bond acceptors (Lipinski definition) is 4. The fourth-order valence-electron chi connectivity index (χ4n) is 2.50. The average Bonchev–Trinajstić information content (AvgIpc) is 3.46. The summed E-state index contributed by atoms with van der Waals surface area (Å²) < 4.78 is 10.8. The molecular weight excluding hydrogens is 332 g/mol. The molecule has 6 nitrogen and oxygen atoms in total. The Hall–Kier alpha value is -3.02. The van der Waals surface area contributed by atoms with Crippen molar-refractivity contribution in [3.63, 3.8) is 0 Å². The molecule has 2 N–H and O–H groups in total. The zero-order valence-corrected chi connectivity index (χ0v) is 14.9. The summed E-state index contributed by atoms with van der Waals surface area (Å²) in [4.78, 5) is 24.0. The van der Waals surface area contributed by atoms with Gasteiger partial charge >= 0.3 is 0 Å². The van der Waals surface area contributed by atoms with Crippen LogP contribution in [-0.4, -0.2) is 25.5 Å². The van der Waals surface area contributed by atoms with Crippen LogP contribution in [0.1, 0.15) is 18.4 Å². The Morgan fingerprint density at radius 3 is 2.46 bits per heavy atom. The molecule has 3 rings (SSSR count). The number of methoxy groups -OCH3 is 1. The average molecular weight is 354 g/mol. The number of rotatable bonds is 7. The van der Waals surface area contributed by atoms with Crippen LogP contribution in [0.2, 0.25) is 0 Å². The predicted octanol–water partition coefficient (Wildman–Crippen LogP) is 3.37. The fraction of sp³-hybridized carbons (Fsp3) is 0.300. The first-order chi connectivity index (χ1) is 12.5. The van der Waals surface area contributed by atoms with Crippen molar-refractivity contribution in [2.24, 2.45) is 5.92 Å². The van der Waals surface area contributed by atoms with Crippen molar-refractivity contribution >= 4 is 23.2 Å². The number of hydrogen-bond donors (Lipinski definition) is 2. The molecule has 1 aliphatic rings. The van der Waals surface area contributed by atoms with E-state index in [-0.39, 0.29) is 24.3 Å². The van der Waals surface area contributed by atoms with Gasteiger partial charge < -0.3 is 20.1 Å². The van der Waals surface area contributed by atoms with Gasteiger partial charge in [-0.1, -0.05) is 12.1 Å². The first-order valence-corrected chi connectivity index (χ1v) is 8.53. The van der Waals surface area contributed by atoms with Gasteiger partial charge in [-0.2, -0.15) is 0 Å². The molecule has 1 fully saturated rings. The number of carbonyl (C=O) groups is 2. The lowest BCUT2D eigenvalue weighted by molar-refractivity contribution is -0.118. The number of carbonyl (C=O) groups excluding carboxylic acids is 2. The van der Waals surface area contributed by atoms with Crippen molar-refractivity contribution in [3.8, 4) is 11.5 Å². The highest BCUT2D eigenvalue weighted by Crippen LogP contribution is 2.30. The summed E-state index contributed by atoms with van der Waals surface area (Å²) >= 11 is 0. The van der Waals surface area contributed by atoms with E-state index in [2.05, 4.69) is 10.6 Å². The lowest BCUT2D eigenvalue weighted by atomic mass is 10.2. The second kappa shape index (κ2) is 7.91. The van der Waals surface area contributed by atoms with Crippen LogP contribution in [0.15, 0.2) is 42.5 Å². The first kappa shape index (κ1) is 17.8. The number of anilines is 2. The smallest absolute Gasteiger partial charge is 0.262 e. The molecule has 0 radical (unpaired) electrons. The van der Waals surface area contributed by atoms with Gasteiger partial charge in [-0.05, 0) is 55.7 Å². The van der Waals surface area contributed by atoms with Crippen LogP contribution in [0.25, 0.3) is 0 Å². The van der Waals surface area contributed by atoms with Gasteiger partial charge in [0.25, 0.3) is 5.91 Å². The molecule has 0 heterocycles. The van der Waals surface area contributed by atoms with E-state index >= 15 is 0 Å². The Balaban J connectivity index is 1.55. The molecule has 0 atom stereocenters. The molecule has 1 saturated carbocycles. The molecule has 0 bridgehead atoms. The third-order valence-corrected chi connectivity index (χ3v) is 4.04. The van der Waals surface area contributed by atoms with Crippen LogP contribution < -0.4 is 20.1 Å². The van der Waals surface area contributed by atoms with Crippen molar-refractivity contribution < 1.29 is 19.1 Å². The van der Waals surface area contributed by atoms with E-state index in [0.717, 1.165) is 18.4 Å². The second-order valence-corrected chi connectivity index (χ2v) is 6.34. The van der Waals surface area contributed by atoms with Gasteiger partial charge in [0.2, 0.25) is 5.91 Å². The molecule has 2 aromatic rings. The minimum absolute atomic E-state index is 0.0308. The number of benzene rings is 2. The van der Waals surface area contributed by atoms with Crippen LogP contribution in [0.5, 0.6) is 11.5 Å². The van der Waals surface area contributed by atoms with Gasteiger partial charge in [0.1, 0.15) is 0 Å². The first-order valence-electron chi connectivity index (χ1n) is 8.53. The Morgan fingerprint density at radius 2 is 1.77 bits per heavy atom. The Kier molecular flexibility index (Phi) is 5.41. The van der Waals surface area contributed by atoms with E-state index < -0.39 is 0 Å². The van der Waals surface area contributed by atoms with Gasteiger partial charge in [0, 0.05) is 17.3 Å². The Morgan fingerprint density at radius 1 is 1.04 bits per heavy atom. The minimum atomic E-state index is -0.293. The van der Waals surface area contributed by atoms with Gasteiger partial charge in [-0.25, -0.2) is 0 Å². The standard InChI is InChI=1S/C20H22N2O4/c1-13-6-9-17(18(10-13)25-2)26-12-19(23)21-15-4-3-5-16(11-15)22-20(24)14-7-8-14/h3-6,9-11,14H,7-8,12H2,1-2H3,(H,21,23)(H,22,24). The van der Waals surface area contributed by atoms with Crippen molar-refractivity contribution in [1.82, 2.24) is 0 Å². The van der Waals surface area contributed by atoms with E-state index in [1.54, 1.807) is 37.4 Å². The maximum absolute atomic E-state index is 12.1. The summed E-state index contributed by atoms with van der Waals surface area (Å²) in [5.74, 6) is 0.967. The van der Waals surface area contributed by atoms with Gasteiger partial charge in [0.05, 0.1) is 7.11 Å². The Labute approximate surface area is 152 Å². The molecule has 2 amide bonds. The molecule has 0 spiro atoms. The maximum Gasteiger partial charge on any atom is 0.262 e. The monoisotopic (exact) mass is 354 g/mol. The van der Waals surface area contributed by atoms with Gasteiger partial charge in [-0.3, -0.25) is 9.59 Å². The van der Waals surface area contributed by atoms with Crippen molar-refractivity contribution in [1.29, 1.82) is 0 Å². The molecule has 0 aromatic heterocycles. The SMILES string of the molecule is COc1cc(C)ccc1OCC(=O)Nc1cccc(NC(=O)C2CC2)c1. The molecular formula is C20H22N2O4. The topological polar surface area (TPSA) is 76.7 Å². The number of nitrogens with one attached hydrogen (secondary N) is 2. The molecule has 136 valence electrons. The molecule has 6 heteroatoms. The third-order valence-electron chi connectivity index (χ3n) is 4.04. The molecule has 0 saturated heterocycles. The number of amides is 2. The van der Waals surface area contributed by atoms with Crippen LogP contribution in [0.3, 0.4) is 0 Å². The van der Waals surface area contributed by atoms with E-state index in [0.29, 0.717) is 22.9 Å². The second-order valence-electron chi connectivity index (χ2n) is 6.34. The molecule has 0 unspecified atom stereocenters. The highest BCUT2D eigenvalue weighted by atomic mass is 16.5. The predicted molar refractivity (Wildman–Crippen MR) is 99.7 cm³/mol. The summed E-state index contributed by atoms with van der Waals surface area (Å²) in [6.07, 6.45) is 1.89. The molecule has 26 heavy (non-hydrogen) atoms. The zero-order chi connectivity index (χ0) is 18.5.